The zero-order valence-electron chi connectivity index (χ0n) is 19.8. The molecule has 0 radical (unpaired) electrons. The molecule has 38 heavy (non-hydrogen) atoms. The Morgan fingerprint density at radius 1 is 1.00 bits per heavy atom. The lowest BCUT2D eigenvalue weighted by Crippen LogP contribution is -2.49. The number of anilines is 1. The van der Waals surface area contributed by atoms with Gasteiger partial charge in [0.25, 0.3) is 17.4 Å². The highest BCUT2D eigenvalue weighted by Crippen LogP contribution is 2.19. The number of carboxylic acid groups (broad SMARTS) is 1. The number of hydrogen-bond donors (Lipinski definition) is 6. The number of carboxylic acids is 1. The summed E-state index contributed by atoms with van der Waals surface area (Å²) in [5.74, 6) is -3.34. The van der Waals surface area contributed by atoms with Crippen LogP contribution in [0.5, 0.6) is 5.75 Å². The number of halogens is 1. The monoisotopic (exact) mass is 541 g/mol. The van der Waals surface area contributed by atoms with E-state index in [0.717, 1.165) is 4.57 Å². The smallest absolute Gasteiger partial charge is 0.328 e. The van der Waals surface area contributed by atoms with E-state index in [1.807, 2.05) is 0 Å². The normalized spacial score (nSPS) is 11.3. The molecular formula is C25H24ClN5O7. The first kappa shape index (κ1) is 27.7. The Labute approximate surface area is 221 Å². The number of hydrogen-bond acceptors (Lipinski definition) is 7. The molecule has 198 valence electrons. The van der Waals surface area contributed by atoms with Crippen LogP contribution < -0.4 is 27.2 Å². The van der Waals surface area contributed by atoms with Crippen molar-refractivity contribution in [3.63, 3.8) is 0 Å². The van der Waals surface area contributed by atoms with Crippen LogP contribution in [-0.4, -0.2) is 51.1 Å². The number of rotatable bonds is 10. The lowest BCUT2D eigenvalue weighted by Gasteiger charge is -2.16. The van der Waals surface area contributed by atoms with E-state index in [2.05, 4.69) is 16.0 Å². The maximum absolute atomic E-state index is 12.7. The number of aromatic hydroxyl groups is 1. The molecule has 0 fully saturated rings. The Balaban J connectivity index is 1.59. The van der Waals surface area contributed by atoms with Gasteiger partial charge in [-0.2, -0.15) is 0 Å². The molecule has 13 heteroatoms. The van der Waals surface area contributed by atoms with Crippen LogP contribution in [0.1, 0.15) is 26.3 Å². The van der Waals surface area contributed by atoms with Gasteiger partial charge in [-0.25, -0.2) is 4.79 Å². The molecule has 1 heterocycles. The summed E-state index contributed by atoms with van der Waals surface area (Å²) in [7, 11) is 0. The van der Waals surface area contributed by atoms with Crippen LogP contribution in [-0.2, 0) is 22.7 Å². The first-order valence-electron chi connectivity index (χ1n) is 11.2. The Kier molecular flexibility index (Phi) is 9.06. The van der Waals surface area contributed by atoms with E-state index < -0.39 is 48.4 Å². The summed E-state index contributed by atoms with van der Waals surface area (Å²) >= 11 is 6.18. The molecule has 0 unspecified atom stereocenters. The van der Waals surface area contributed by atoms with E-state index in [0.29, 0.717) is 5.56 Å². The van der Waals surface area contributed by atoms with Gasteiger partial charge in [0.15, 0.2) is 0 Å². The van der Waals surface area contributed by atoms with Crippen LogP contribution in [0, 0.1) is 0 Å². The number of phenolic OH excluding ortho intramolecular Hbond substituents is 1. The number of nitrogens with one attached hydrogen (secondary N) is 3. The predicted molar refractivity (Wildman–Crippen MR) is 138 cm³/mol. The summed E-state index contributed by atoms with van der Waals surface area (Å²) in [6.07, 6.45) is 1.35. The van der Waals surface area contributed by atoms with Crippen LogP contribution in [0.15, 0.2) is 65.6 Å². The molecule has 0 bridgehead atoms. The van der Waals surface area contributed by atoms with Gasteiger partial charge >= 0.3 is 5.97 Å². The molecule has 12 nitrogen and oxygen atoms in total. The average Bonchev–Trinajstić information content (AvgIpc) is 2.87. The highest BCUT2D eigenvalue weighted by atomic mass is 35.5. The minimum Gasteiger partial charge on any atom is -0.508 e. The Bertz CT molecular complexity index is 1440. The van der Waals surface area contributed by atoms with Crippen LogP contribution >= 0.6 is 11.6 Å². The minimum absolute atomic E-state index is 0.0483. The zero-order valence-corrected chi connectivity index (χ0v) is 20.6. The molecule has 1 aromatic heterocycles. The van der Waals surface area contributed by atoms with Gasteiger partial charge in [-0.1, -0.05) is 23.7 Å². The SMILES string of the molecule is Nc1cccn(CC(=O)NC[C@H](NC(=O)c2ccc(C(=O)NCc3cccc(O)c3)cc2Cl)C(=O)O)c1=O. The molecule has 0 spiro atoms. The topological polar surface area (TPSA) is 193 Å². The van der Waals surface area contributed by atoms with Gasteiger partial charge in [0, 0.05) is 24.8 Å². The number of nitrogens with zero attached hydrogens (tertiary/aromatic N) is 1. The van der Waals surface area contributed by atoms with Crippen molar-refractivity contribution >= 4 is 41.0 Å². The maximum atomic E-state index is 12.7. The lowest BCUT2D eigenvalue weighted by molar-refractivity contribution is -0.139. The third-order valence-corrected chi connectivity index (χ3v) is 5.62. The van der Waals surface area contributed by atoms with Crippen molar-refractivity contribution in [2.45, 2.75) is 19.1 Å². The van der Waals surface area contributed by atoms with Crippen molar-refractivity contribution in [2.24, 2.45) is 0 Å². The van der Waals surface area contributed by atoms with Gasteiger partial charge < -0.3 is 36.5 Å². The van der Waals surface area contributed by atoms with Crippen LogP contribution in [0.2, 0.25) is 5.02 Å². The van der Waals surface area contributed by atoms with Gasteiger partial charge in [-0.3, -0.25) is 19.2 Å². The summed E-state index contributed by atoms with van der Waals surface area (Å²) in [5, 5.41) is 26.2. The second-order valence-electron chi connectivity index (χ2n) is 8.11. The number of amides is 3. The third-order valence-electron chi connectivity index (χ3n) is 5.31. The van der Waals surface area contributed by atoms with Crippen molar-refractivity contribution in [3.8, 4) is 5.75 Å². The van der Waals surface area contributed by atoms with Crippen molar-refractivity contribution in [1.29, 1.82) is 0 Å². The highest BCUT2D eigenvalue weighted by molar-refractivity contribution is 6.34. The molecule has 3 amide bonds. The maximum Gasteiger partial charge on any atom is 0.328 e. The highest BCUT2D eigenvalue weighted by Gasteiger charge is 2.23. The van der Waals surface area contributed by atoms with E-state index >= 15 is 0 Å². The number of aliphatic carboxylic acids is 1. The summed E-state index contributed by atoms with van der Waals surface area (Å²) in [6, 6.07) is 11.6. The van der Waals surface area contributed by atoms with Crippen molar-refractivity contribution in [3.05, 3.63) is 92.9 Å². The van der Waals surface area contributed by atoms with Crippen molar-refractivity contribution in [1.82, 2.24) is 20.5 Å². The lowest BCUT2D eigenvalue weighted by atomic mass is 10.1. The summed E-state index contributed by atoms with van der Waals surface area (Å²) < 4.78 is 1.06. The van der Waals surface area contributed by atoms with Crippen LogP contribution in [0.4, 0.5) is 5.69 Å². The predicted octanol–water partition coefficient (Wildman–Crippen LogP) is 0.719. The van der Waals surface area contributed by atoms with Gasteiger partial charge in [0.05, 0.1) is 16.3 Å². The molecule has 7 N–H and O–H groups in total. The number of pyridine rings is 1. The number of benzene rings is 2. The summed E-state index contributed by atoms with van der Waals surface area (Å²) in [6.45, 7) is -0.722. The number of nitrogens with two attached hydrogens (primary N) is 1. The molecule has 3 aromatic rings. The van der Waals surface area contributed by atoms with Crippen LogP contribution in [0.25, 0.3) is 0 Å². The standard InChI is InChI=1S/C25H24ClN5O7/c26-18-10-15(22(34)29-11-14-3-1-4-16(32)9-14)6-7-17(18)23(35)30-20(25(37)38)12-28-21(33)13-31-8-2-5-19(27)24(31)36/h1-10,20,32H,11-13,27H2,(H,28,33)(H,29,34)(H,30,35)(H,37,38)/t20-/m0/s1. The number of carbonyl (C=O) groups excluding carboxylic acids is 3. The first-order chi connectivity index (χ1) is 18.0. The zero-order chi connectivity index (χ0) is 27.8. The quantitative estimate of drug-likeness (QED) is 0.216. The second-order valence-corrected chi connectivity index (χ2v) is 8.52. The van der Waals surface area contributed by atoms with E-state index in [-0.39, 0.29) is 34.1 Å². The van der Waals surface area contributed by atoms with E-state index in [9.17, 15) is 34.2 Å². The molecule has 3 rings (SSSR count). The van der Waals surface area contributed by atoms with E-state index in [1.54, 1.807) is 12.1 Å². The summed E-state index contributed by atoms with van der Waals surface area (Å²) in [5.41, 5.74) is 5.65. The number of aromatic nitrogens is 1. The number of nitrogen functional groups attached to an aromatic ring is 1. The molecule has 0 aliphatic heterocycles. The van der Waals surface area contributed by atoms with Crippen molar-refractivity contribution in [2.75, 3.05) is 12.3 Å². The Hall–Kier alpha value is -4.84. The first-order valence-corrected chi connectivity index (χ1v) is 11.5. The van der Waals surface area contributed by atoms with Gasteiger partial charge in [0.1, 0.15) is 18.3 Å². The van der Waals surface area contributed by atoms with E-state index in [4.69, 9.17) is 17.3 Å². The molecule has 0 saturated heterocycles. The molecule has 2 aromatic carbocycles. The summed E-state index contributed by atoms with van der Waals surface area (Å²) in [4.78, 5) is 60.9. The minimum atomic E-state index is -1.51. The van der Waals surface area contributed by atoms with Gasteiger partial charge in [-0.15, -0.1) is 0 Å². The van der Waals surface area contributed by atoms with Gasteiger partial charge in [-0.05, 0) is 48.0 Å². The molecule has 0 saturated carbocycles. The van der Waals surface area contributed by atoms with Gasteiger partial charge in [0.2, 0.25) is 5.91 Å². The fraction of sp³-hybridized carbons (Fsp3) is 0.160. The largest absolute Gasteiger partial charge is 0.508 e. The molecule has 0 aliphatic rings. The molecule has 1 atom stereocenters. The van der Waals surface area contributed by atoms with Crippen LogP contribution in [0.3, 0.4) is 0 Å². The second kappa shape index (κ2) is 12.4. The number of carbonyl (C=O) groups is 4. The Morgan fingerprint density at radius 2 is 1.76 bits per heavy atom. The van der Waals surface area contributed by atoms with E-state index in [1.165, 1.54) is 48.7 Å². The molecule has 0 aliphatic carbocycles. The number of phenols is 1. The third kappa shape index (κ3) is 7.34. The Morgan fingerprint density at radius 3 is 2.45 bits per heavy atom. The average molecular weight is 542 g/mol. The molecular weight excluding hydrogens is 518 g/mol. The van der Waals surface area contributed by atoms with Crippen molar-refractivity contribution < 1.29 is 29.4 Å². The fourth-order valence-electron chi connectivity index (χ4n) is 3.33. The fourth-order valence-corrected chi connectivity index (χ4v) is 3.60.